The largest absolute Gasteiger partial charge is 0.456 e. The van der Waals surface area contributed by atoms with Crippen molar-refractivity contribution in [2.45, 2.75) is 0 Å². The zero-order valence-corrected chi connectivity index (χ0v) is 24.9. The fourth-order valence-corrected chi connectivity index (χ4v) is 7.64. The smallest absolute Gasteiger partial charge is 0.135 e. The number of benzene rings is 8. The van der Waals surface area contributed by atoms with Crippen LogP contribution in [0.5, 0.6) is 11.5 Å². The van der Waals surface area contributed by atoms with Crippen LogP contribution >= 0.6 is 0 Å². The highest BCUT2D eigenvalue weighted by molar-refractivity contribution is 6.19. The average Bonchev–Trinajstić information content (AvgIpc) is 3.47. The van der Waals surface area contributed by atoms with Crippen LogP contribution in [0.15, 0.2) is 164 Å². The molecule has 0 bridgehead atoms. The molecule has 46 heavy (non-hydrogen) atoms. The highest BCUT2D eigenvalue weighted by atomic mass is 16.5. The second kappa shape index (κ2) is 9.69. The lowest BCUT2D eigenvalue weighted by Gasteiger charge is -2.23. The first kappa shape index (κ1) is 25.2. The predicted molar refractivity (Wildman–Crippen MR) is 192 cm³/mol. The molecule has 0 fully saturated rings. The van der Waals surface area contributed by atoms with E-state index in [-0.39, 0.29) is 0 Å². The van der Waals surface area contributed by atoms with Crippen molar-refractivity contribution in [2.24, 2.45) is 0 Å². The molecule has 0 saturated heterocycles. The first-order valence-corrected chi connectivity index (χ1v) is 15.8. The Morgan fingerprint density at radius 2 is 1.00 bits per heavy atom. The van der Waals surface area contributed by atoms with Crippen molar-refractivity contribution in [1.82, 2.24) is 4.57 Å². The van der Waals surface area contributed by atoms with Gasteiger partial charge < -0.3 is 9.30 Å². The Labute approximate surface area is 266 Å². The molecule has 2 heteroatoms. The summed E-state index contributed by atoms with van der Waals surface area (Å²) >= 11 is 0. The van der Waals surface area contributed by atoms with Gasteiger partial charge in [0.2, 0.25) is 0 Å². The molecule has 0 unspecified atom stereocenters. The highest BCUT2D eigenvalue weighted by Crippen LogP contribution is 2.50. The first-order chi connectivity index (χ1) is 22.8. The monoisotopic (exact) mass is 585 g/mol. The van der Waals surface area contributed by atoms with Crippen LogP contribution in [0.25, 0.3) is 82.4 Å². The fraction of sp³-hybridized carbons (Fsp3) is 0. The zero-order chi connectivity index (χ0) is 30.2. The number of hydrogen-bond donors (Lipinski definition) is 0. The molecular weight excluding hydrogens is 558 g/mol. The van der Waals surface area contributed by atoms with Crippen LogP contribution in [0.3, 0.4) is 0 Å². The summed E-state index contributed by atoms with van der Waals surface area (Å²) in [4.78, 5) is 0. The third-order valence-corrected chi connectivity index (χ3v) is 9.61. The number of aromatic nitrogens is 1. The van der Waals surface area contributed by atoms with E-state index in [4.69, 9.17) is 4.74 Å². The SMILES string of the molecule is c1ccc2c(c1)Oc1ccc(-c3ccccc3-c3ccccc3-n3c4ccccc4c4ccc5ccccc5c43)c3cccc-2c13. The van der Waals surface area contributed by atoms with Crippen molar-refractivity contribution >= 4 is 43.4 Å². The molecule has 0 aliphatic carbocycles. The highest BCUT2D eigenvalue weighted by Gasteiger charge is 2.23. The van der Waals surface area contributed by atoms with Crippen LogP contribution in [0.4, 0.5) is 0 Å². The Bertz CT molecular complexity index is 2680. The Morgan fingerprint density at radius 1 is 0.348 bits per heavy atom. The van der Waals surface area contributed by atoms with Crippen LogP contribution in [-0.4, -0.2) is 4.57 Å². The topological polar surface area (TPSA) is 14.2 Å². The van der Waals surface area contributed by atoms with Gasteiger partial charge in [-0.05, 0) is 57.3 Å². The van der Waals surface area contributed by atoms with E-state index >= 15 is 0 Å². The molecule has 0 radical (unpaired) electrons. The Hall–Kier alpha value is -6.12. The van der Waals surface area contributed by atoms with Crippen molar-refractivity contribution in [3.8, 4) is 50.6 Å². The van der Waals surface area contributed by atoms with Gasteiger partial charge in [0, 0.05) is 32.7 Å². The van der Waals surface area contributed by atoms with Crippen molar-refractivity contribution in [3.05, 3.63) is 164 Å². The summed E-state index contributed by atoms with van der Waals surface area (Å²) in [6.07, 6.45) is 0. The van der Waals surface area contributed by atoms with Crippen molar-refractivity contribution in [2.75, 3.05) is 0 Å². The molecule has 1 aliphatic rings. The number of ether oxygens (including phenoxy) is 1. The lowest BCUT2D eigenvalue weighted by molar-refractivity contribution is 0.487. The normalized spacial score (nSPS) is 12.1. The molecule has 0 amide bonds. The Balaban J connectivity index is 1.26. The van der Waals surface area contributed by atoms with Gasteiger partial charge in [0.1, 0.15) is 11.5 Å². The minimum atomic E-state index is 0.906. The standard InChI is InChI=1S/C44H27NO/c1-2-13-29-28(12-1)24-25-38-34-17-6-9-22-40(34)45(44(29)38)39-21-8-5-16-33(39)31-15-4-3-14-30(31)32-26-27-42-43-36(32)19-11-20-37(43)35-18-7-10-23-41(35)46-42/h1-27H. The van der Waals surface area contributed by atoms with E-state index in [1.54, 1.807) is 0 Å². The van der Waals surface area contributed by atoms with Crippen molar-refractivity contribution < 1.29 is 4.74 Å². The van der Waals surface area contributed by atoms with Crippen LogP contribution in [0, 0.1) is 0 Å². The summed E-state index contributed by atoms with van der Waals surface area (Å²) in [6, 6.07) is 59.0. The van der Waals surface area contributed by atoms with E-state index in [1.165, 1.54) is 65.8 Å². The van der Waals surface area contributed by atoms with Gasteiger partial charge in [0.05, 0.1) is 16.7 Å². The molecule has 0 N–H and O–H groups in total. The lowest BCUT2D eigenvalue weighted by Crippen LogP contribution is -1.99. The summed E-state index contributed by atoms with van der Waals surface area (Å²) in [6.45, 7) is 0. The number of fused-ring (bicyclic) bond motifs is 7. The van der Waals surface area contributed by atoms with Gasteiger partial charge in [-0.3, -0.25) is 0 Å². The number of rotatable bonds is 3. The molecule has 1 aliphatic heterocycles. The van der Waals surface area contributed by atoms with Gasteiger partial charge in [-0.15, -0.1) is 0 Å². The summed E-state index contributed by atoms with van der Waals surface area (Å²) < 4.78 is 8.91. The molecule has 1 aromatic heterocycles. The van der Waals surface area contributed by atoms with E-state index in [2.05, 4.69) is 162 Å². The summed E-state index contributed by atoms with van der Waals surface area (Å²) in [7, 11) is 0. The third kappa shape index (κ3) is 3.53. The Kier molecular flexibility index (Phi) is 5.31. The van der Waals surface area contributed by atoms with Gasteiger partial charge in [0.15, 0.2) is 0 Å². The number of nitrogens with zero attached hydrogens (tertiary/aromatic N) is 1. The second-order valence-corrected chi connectivity index (χ2v) is 12.0. The fourth-order valence-electron chi connectivity index (χ4n) is 7.64. The average molecular weight is 586 g/mol. The molecule has 0 atom stereocenters. The van der Waals surface area contributed by atoms with Gasteiger partial charge in [-0.1, -0.05) is 140 Å². The molecule has 0 saturated carbocycles. The summed E-state index contributed by atoms with van der Waals surface area (Å²) in [5, 5.41) is 7.37. The molecular formula is C44H27NO. The Morgan fingerprint density at radius 3 is 1.89 bits per heavy atom. The van der Waals surface area contributed by atoms with Gasteiger partial charge in [-0.25, -0.2) is 0 Å². The molecule has 8 aromatic carbocycles. The summed E-state index contributed by atoms with van der Waals surface area (Å²) in [5.74, 6) is 1.81. The van der Waals surface area contributed by atoms with Crippen molar-refractivity contribution in [3.63, 3.8) is 0 Å². The van der Waals surface area contributed by atoms with Crippen LogP contribution in [-0.2, 0) is 0 Å². The quantitative estimate of drug-likeness (QED) is 0.201. The van der Waals surface area contributed by atoms with Gasteiger partial charge in [-0.2, -0.15) is 0 Å². The van der Waals surface area contributed by atoms with Crippen LogP contribution in [0.2, 0.25) is 0 Å². The second-order valence-electron chi connectivity index (χ2n) is 12.0. The minimum Gasteiger partial charge on any atom is -0.456 e. The maximum absolute atomic E-state index is 6.44. The molecule has 2 heterocycles. The minimum absolute atomic E-state index is 0.906. The van der Waals surface area contributed by atoms with Gasteiger partial charge in [0.25, 0.3) is 0 Å². The van der Waals surface area contributed by atoms with Gasteiger partial charge >= 0.3 is 0 Å². The molecule has 2 nitrogen and oxygen atoms in total. The number of para-hydroxylation sites is 3. The summed E-state index contributed by atoms with van der Waals surface area (Å²) in [5.41, 5.74) is 10.7. The third-order valence-electron chi connectivity index (χ3n) is 9.61. The molecule has 214 valence electrons. The molecule has 10 rings (SSSR count). The predicted octanol–water partition coefficient (Wildman–Crippen LogP) is 12.2. The zero-order valence-electron chi connectivity index (χ0n) is 24.9. The molecule has 0 spiro atoms. The van der Waals surface area contributed by atoms with Crippen LogP contribution in [0.1, 0.15) is 0 Å². The first-order valence-electron chi connectivity index (χ1n) is 15.8. The van der Waals surface area contributed by atoms with Crippen LogP contribution < -0.4 is 4.74 Å². The lowest BCUT2D eigenvalue weighted by atomic mass is 9.87. The maximum atomic E-state index is 6.44. The number of hydrogen-bond acceptors (Lipinski definition) is 1. The van der Waals surface area contributed by atoms with E-state index in [0.717, 1.165) is 28.1 Å². The van der Waals surface area contributed by atoms with E-state index < -0.39 is 0 Å². The van der Waals surface area contributed by atoms with E-state index in [1.807, 2.05) is 6.07 Å². The maximum Gasteiger partial charge on any atom is 0.135 e. The van der Waals surface area contributed by atoms with E-state index in [0.29, 0.717) is 0 Å². The molecule has 9 aromatic rings. The van der Waals surface area contributed by atoms with Crippen molar-refractivity contribution in [1.29, 1.82) is 0 Å². The van der Waals surface area contributed by atoms with E-state index in [9.17, 15) is 0 Å².